The van der Waals surface area contributed by atoms with Gasteiger partial charge in [-0.25, -0.2) is 0 Å². The van der Waals surface area contributed by atoms with Gasteiger partial charge in [-0.05, 0) is 49.9 Å². The van der Waals surface area contributed by atoms with E-state index in [4.69, 9.17) is 14.2 Å². The predicted molar refractivity (Wildman–Crippen MR) is 112 cm³/mol. The van der Waals surface area contributed by atoms with E-state index in [9.17, 15) is 0 Å². The second kappa shape index (κ2) is 26.1. The Morgan fingerprint density at radius 2 is 1.08 bits per heavy atom. The molecule has 2 fully saturated rings. The fourth-order valence-corrected chi connectivity index (χ4v) is 1.98. The zero-order valence-electron chi connectivity index (χ0n) is 19.0. The summed E-state index contributed by atoms with van der Waals surface area (Å²) in [6.45, 7) is 21.8. The van der Waals surface area contributed by atoms with Crippen LogP contribution >= 0.6 is 0 Å². The molecular weight excluding hydrogens is 312 g/mol. The van der Waals surface area contributed by atoms with Gasteiger partial charge in [0, 0.05) is 40.1 Å². The number of hydrogen-bond acceptors (Lipinski definition) is 3. The van der Waals surface area contributed by atoms with Crippen molar-refractivity contribution < 1.29 is 14.2 Å². The van der Waals surface area contributed by atoms with Crippen molar-refractivity contribution in [3.63, 3.8) is 0 Å². The minimum atomic E-state index is 0.778. The minimum Gasteiger partial charge on any atom is -0.385 e. The highest BCUT2D eigenvalue weighted by atomic mass is 16.5. The van der Waals surface area contributed by atoms with Gasteiger partial charge in [-0.3, -0.25) is 0 Å². The molecule has 0 unspecified atom stereocenters. The molecule has 0 aromatic rings. The third-order valence-electron chi connectivity index (χ3n) is 3.92. The van der Waals surface area contributed by atoms with Gasteiger partial charge in [0.2, 0.25) is 0 Å². The van der Waals surface area contributed by atoms with Crippen molar-refractivity contribution in [3.05, 3.63) is 0 Å². The lowest BCUT2D eigenvalue weighted by Crippen LogP contribution is -2.12. The van der Waals surface area contributed by atoms with Crippen LogP contribution in [0.5, 0.6) is 0 Å². The molecule has 156 valence electrons. The minimum absolute atomic E-state index is 0.778. The fraction of sp³-hybridized carbons (Fsp3) is 1.00. The monoisotopic (exact) mass is 362 g/mol. The van der Waals surface area contributed by atoms with Gasteiger partial charge >= 0.3 is 0 Å². The van der Waals surface area contributed by atoms with Crippen LogP contribution in [0.15, 0.2) is 0 Å². The van der Waals surface area contributed by atoms with Crippen molar-refractivity contribution >= 4 is 0 Å². The Labute approximate surface area is 160 Å². The van der Waals surface area contributed by atoms with Gasteiger partial charge in [-0.1, -0.05) is 55.4 Å². The lowest BCUT2D eigenvalue weighted by atomic mass is 10.0. The van der Waals surface area contributed by atoms with Crippen molar-refractivity contribution in [2.45, 2.75) is 87.5 Å². The van der Waals surface area contributed by atoms with Crippen LogP contribution in [0.3, 0.4) is 0 Å². The molecular formula is C22H50O3. The Morgan fingerprint density at radius 1 is 0.760 bits per heavy atom. The molecule has 2 aliphatic heterocycles. The van der Waals surface area contributed by atoms with Crippen molar-refractivity contribution in [2.24, 2.45) is 17.8 Å². The van der Waals surface area contributed by atoms with E-state index in [1.807, 2.05) is 27.7 Å². The van der Waals surface area contributed by atoms with Gasteiger partial charge in [-0.2, -0.15) is 0 Å². The largest absolute Gasteiger partial charge is 0.385 e. The Kier molecular flexibility index (Phi) is 31.0. The van der Waals surface area contributed by atoms with Crippen LogP contribution in [0.25, 0.3) is 0 Å². The van der Waals surface area contributed by atoms with Crippen LogP contribution in [0.1, 0.15) is 87.5 Å². The standard InChI is InChI=1S/2C6H12O.C6H14O.2C2H6/c2*1-6-2-4-7-5-3-6;1-6(2)4-5-7-3;2*1-2/h2*6H,2-5H2,1H3;6H,4-5H2,1-3H3;2*1-2H3. The van der Waals surface area contributed by atoms with Gasteiger partial charge in [0.1, 0.15) is 0 Å². The van der Waals surface area contributed by atoms with Crippen molar-refractivity contribution in [1.29, 1.82) is 0 Å². The van der Waals surface area contributed by atoms with E-state index >= 15 is 0 Å². The highest BCUT2D eigenvalue weighted by Gasteiger charge is 2.06. The molecule has 0 saturated carbocycles. The van der Waals surface area contributed by atoms with Gasteiger partial charge < -0.3 is 14.2 Å². The first-order valence-electron chi connectivity index (χ1n) is 10.7. The summed E-state index contributed by atoms with van der Waals surface area (Å²) in [5, 5.41) is 0. The number of ether oxygens (including phenoxy) is 3. The Morgan fingerprint density at radius 3 is 1.20 bits per heavy atom. The van der Waals surface area contributed by atoms with E-state index in [0.29, 0.717) is 0 Å². The fourth-order valence-electron chi connectivity index (χ4n) is 1.98. The zero-order valence-corrected chi connectivity index (χ0v) is 19.0. The molecule has 0 amide bonds. The molecule has 2 rings (SSSR count). The van der Waals surface area contributed by atoms with Crippen LogP contribution in [0, 0.1) is 17.8 Å². The first-order chi connectivity index (χ1) is 12.1. The van der Waals surface area contributed by atoms with Crippen LogP contribution in [0.4, 0.5) is 0 Å². The number of hydrogen-bond donors (Lipinski definition) is 0. The summed E-state index contributed by atoms with van der Waals surface area (Å²) in [6, 6.07) is 0. The SMILES string of the molecule is CC.CC.CC1CCOCC1.CC1CCOCC1.COCCC(C)C. The first kappa shape index (κ1) is 29.6. The van der Waals surface area contributed by atoms with E-state index in [-0.39, 0.29) is 0 Å². The van der Waals surface area contributed by atoms with E-state index in [1.54, 1.807) is 7.11 Å². The molecule has 25 heavy (non-hydrogen) atoms. The summed E-state index contributed by atoms with van der Waals surface area (Å²) in [6.07, 6.45) is 6.23. The maximum atomic E-state index is 5.14. The molecule has 0 spiro atoms. The molecule has 0 radical (unpaired) electrons. The summed E-state index contributed by atoms with van der Waals surface area (Å²) < 4.78 is 15.1. The van der Waals surface area contributed by atoms with E-state index < -0.39 is 0 Å². The molecule has 0 aromatic heterocycles. The summed E-state index contributed by atoms with van der Waals surface area (Å²) in [7, 11) is 1.74. The van der Waals surface area contributed by atoms with Crippen LogP contribution in [-0.4, -0.2) is 40.1 Å². The molecule has 0 aliphatic carbocycles. The second-order valence-corrected chi connectivity index (χ2v) is 6.77. The van der Waals surface area contributed by atoms with Crippen molar-refractivity contribution in [2.75, 3.05) is 40.1 Å². The highest BCUT2D eigenvalue weighted by molar-refractivity contribution is 4.56. The van der Waals surface area contributed by atoms with Gasteiger partial charge in [-0.15, -0.1) is 0 Å². The third kappa shape index (κ3) is 28.9. The molecule has 3 heteroatoms. The highest BCUT2D eigenvalue weighted by Crippen LogP contribution is 2.12. The van der Waals surface area contributed by atoms with Crippen LogP contribution in [0.2, 0.25) is 0 Å². The van der Waals surface area contributed by atoms with E-state index in [2.05, 4.69) is 27.7 Å². The van der Waals surface area contributed by atoms with Gasteiger partial charge in [0.05, 0.1) is 0 Å². The molecule has 2 heterocycles. The first-order valence-corrected chi connectivity index (χ1v) is 10.7. The Bertz CT molecular complexity index is 179. The Hall–Kier alpha value is -0.120. The topological polar surface area (TPSA) is 27.7 Å². The molecule has 0 atom stereocenters. The summed E-state index contributed by atoms with van der Waals surface area (Å²) in [5.41, 5.74) is 0. The molecule has 0 aromatic carbocycles. The lowest BCUT2D eigenvalue weighted by Gasteiger charge is -2.16. The van der Waals surface area contributed by atoms with E-state index in [1.165, 1.54) is 32.1 Å². The maximum absolute atomic E-state index is 5.14. The number of methoxy groups -OCH3 is 1. The Balaban J connectivity index is -0.000000264. The van der Waals surface area contributed by atoms with Crippen molar-refractivity contribution in [1.82, 2.24) is 0 Å². The maximum Gasteiger partial charge on any atom is 0.0468 e. The molecule has 2 saturated heterocycles. The quantitative estimate of drug-likeness (QED) is 0.566. The summed E-state index contributed by atoms with van der Waals surface area (Å²) in [4.78, 5) is 0. The summed E-state index contributed by atoms with van der Waals surface area (Å²) >= 11 is 0. The molecule has 3 nitrogen and oxygen atoms in total. The molecule has 0 bridgehead atoms. The lowest BCUT2D eigenvalue weighted by molar-refractivity contribution is 0.0714. The summed E-state index contributed by atoms with van der Waals surface area (Å²) in [5.74, 6) is 2.60. The molecule has 2 aliphatic rings. The van der Waals surface area contributed by atoms with Gasteiger partial charge in [0.15, 0.2) is 0 Å². The average Bonchev–Trinajstić information content (AvgIpc) is 2.66. The zero-order chi connectivity index (χ0) is 19.9. The number of rotatable bonds is 3. The van der Waals surface area contributed by atoms with E-state index in [0.717, 1.165) is 50.8 Å². The van der Waals surface area contributed by atoms with Gasteiger partial charge in [0.25, 0.3) is 0 Å². The van der Waals surface area contributed by atoms with Crippen LogP contribution in [-0.2, 0) is 14.2 Å². The average molecular weight is 363 g/mol. The normalized spacial score (nSPS) is 17.5. The van der Waals surface area contributed by atoms with Crippen LogP contribution < -0.4 is 0 Å². The predicted octanol–water partition coefficient (Wildman–Crippen LogP) is 6.60. The third-order valence-corrected chi connectivity index (χ3v) is 3.92. The molecule has 0 N–H and O–H groups in total. The van der Waals surface area contributed by atoms with Crippen molar-refractivity contribution in [3.8, 4) is 0 Å². The smallest absolute Gasteiger partial charge is 0.0468 e. The second-order valence-electron chi connectivity index (χ2n) is 6.77.